The molecule has 0 aliphatic carbocycles. The van der Waals surface area contributed by atoms with Gasteiger partial charge in [0.2, 0.25) is 10.0 Å². The number of nitrogens with one attached hydrogen (secondary N) is 1. The van der Waals surface area contributed by atoms with Gasteiger partial charge in [-0.15, -0.1) is 0 Å². The molecule has 0 saturated heterocycles. The number of sulfonamides is 1. The Kier molecular flexibility index (Phi) is 4.57. The molecule has 2 amide bonds. The lowest BCUT2D eigenvalue weighted by atomic mass is 10.1. The van der Waals surface area contributed by atoms with E-state index in [0.29, 0.717) is 11.1 Å². The van der Waals surface area contributed by atoms with Crippen LogP contribution in [0.5, 0.6) is 0 Å². The summed E-state index contributed by atoms with van der Waals surface area (Å²) in [5.41, 5.74) is 0.610. The molecule has 8 nitrogen and oxygen atoms in total. The Morgan fingerprint density at radius 1 is 1.14 bits per heavy atom. The molecule has 0 unspecified atom stereocenters. The summed E-state index contributed by atoms with van der Waals surface area (Å²) >= 11 is 0. The second-order valence-electron chi connectivity index (χ2n) is 4.69. The van der Waals surface area contributed by atoms with Crippen molar-refractivity contribution in [2.75, 3.05) is 18.8 Å². The number of imide groups is 1. The van der Waals surface area contributed by atoms with Crippen LogP contribution in [0.3, 0.4) is 0 Å². The standard InChI is InChI=1S/C13H14N2O6S/c16-11(17)8-14-22(20,21)7-3-6-15-12(18)9-4-1-2-5-10(9)13(15)19/h1-2,4-5,14H,3,6-8H2,(H,16,17). The fraction of sp³-hybridized carbons (Fsp3) is 0.308. The molecule has 0 fully saturated rings. The van der Waals surface area contributed by atoms with Gasteiger partial charge in [-0.05, 0) is 18.6 Å². The van der Waals surface area contributed by atoms with Gasteiger partial charge >= 0.3 is 5.97 Å². The van der Waals surface area contributed by atoms with Gasteiger partial charge < -0.3 is 5.11 Å². The van der Waals surface area contributed by atoms with Gasteiger partial charge in [0.1, 0.15) is 6.54 Å². The van der Waals surface area contributed by atoms with Gasteiger partial charge in [0, 0.05) is 6.54 Å². The van der Waals surface area contributed by atoms with Crippen LogP contribution in [0.25, 0.3) is 0 Å². The predicted molar refractivity (Wildman–Crippen MR) is 75.9 cm³/mol. The number of fused-ring (bicyclic) bond motifs is 1. The summed E-state index contributed by atoms with van der Waals surface area (Å²) in [7, 11) is -3.75. The van der Waals surface area contributed by atoms with Crippen LogP contribution < -0.4 is 4.72 Å². The molecule has 1 aliphatic rings. The van der Waals surface area contributed by atoms with Crippen molar-refractivity contribution in [1.29, 1.82) is 0 Å². The molecular weight excluding hydrogens is 312 g/mol. The van der Waals surface area contributed by atoms with Crippen LogP contribution in [0, 0.1) is 0 Å². The molecule has 0 aromatic heterocycles. The van der Waals surface area contributed by atoms with E-state index in [1.54, 1.807) is 24.3 Å². The highest BCUT2D eigenvalue weighted by atomic mass is 32.2. The van der Waals surface area contributed by atoms with E-state index in [0.717, 1.165) is 4.90 Å². The monoisotopic (exact) mass is 326 g/mol. The summed E-state index contributed by atoms with van der Waals surface area (Å²) in [5, 5.41) is 8.42. The molecule has 118 valence electrons. The first-order chi connectivity index (χ1) is 10.3. The van der Waals surface area contributed by atoms with Crippen LogP contribution in [-0.2, 0) is 14.8 Å². The number of amides is 2. The first-order valence-electron chi connectivity index (χ1n) is 6.46. The lowest BCUT2D eigenvalue weighted by Crippen LogP contribution is -2.35. The molecule has 2 rings (SSSR count). The molecule has 1 aromatic carbocycles. The lowest BCUT2D eigenvalue weighted by molar-refractivity contribution is -0.135. The number of carboxylic acids is 1. The minimum Gasteiger partial charge on any atom is -0.480 e. The third kappa shape index (κ3) is 3.49. The highest BCUT2D eigenvalue weighted by molar-refractivity contribution is 7.89. The highest BCUT2D eigenvalue weighted by Crippen LogP contribution is 2.22. The van der Waals surface area contributed by atoms with Crippen molar-refractivity contribution >= 4 is 27.8 Å². The van der Waals surface area contributed by atoms with Crippen molar-refractivity contribution < 1.29 is 27.9 Å². The maximum absolute atomic E-state index is 12.0. The van der Waals surface area contributed by atoms with Crippen molar-refractivity contribution in [2.24, 2.45) is 0 Å². The topological polar surface area (TPSA) is 121 Å². The van der Waals surface area contributed by atoms with Crippen LogP contribution in [-0.4, -0.2) is 55.1 Å². The number of hydrogen-bond donors (Lipinski definition) is 2. The van der Waals surface area contributed by atoms with Crippen LogP contribution in [0.1, 0.15) is 27.1 Å². The zero-order valence-corrected chi connectivity index (χ0v) is 12.3. The molecule has 22 heavy (non-hydrogen) atoms. The summed E-state index contributed by atoms with van der Waals surface area (Å²) in [6, 6.07) is 6.38. The number of carboxylic acid groups (broad SMARTS) is 1. The first kappa shape index (κ1) is 16.1. The predicted octanol–water partition coefficient (Wildman–Crippen LogP) is -0.323. The van der Waals surface area contributed by atoms with Crippen LogP contribution in [0.15, 0.2) is 24.3 Å². The lowest BCUT2D eigenvalue weighted by Gasteiger charge is -2.13. The Labute approximate surface area is 126 Å². The van der Waals surface area contributed by atoms with Crippen LogP contribution in [0.2, 0.25) is 0 Å². The molecule has 0 spiro atoms. The van der Waals surface area contributed by atoms with E-state index >= 15 is 0 Å². The summed E-state index contributed by atoms with van der Waals surface area (Å²) in [6.45, 7) is -0.740. The van der Waals surface area contributed by atoms with Gasteiger partial charge in [0.05, 0.1) is 16.9 Å². The second kappa shape index (κ2) is 6.24. The third-order valence-corrected chi connectivity index (χ3v) is 4.53. The maximum Gasteiger partial charge on any atom is 0.318 e. The number of benzene rings is 1. The molecule has 0 radical (unpaired) electrons. The minimum atomic E-state index is -3.75. The van der Waals surface area contributed by atoms with Crippen molar-refractivity contribution in [3.63, 3.8) is 0 Å². The Morgan fingerprint density at radius 2 is 1.68 bits per heavy atom. The highest BCUT2D eigenvalue weighted by Gasteiger charge is 2.34. The maximum atomic E-state index is 12.0. The quantitative estimate of drug-likeness (QED) is 0.662. The van der Waals surface area contributed by atoms with Gasteiger partial charge in [-0.3, -0.25) is 19.3 Å². The summed E-state index contributed by atoms with van der Waals surface area (Å²) < 4.78 is 25.0. The molecule has 0 atom stereocenters. The second-order valence-corrected chi connectivity index (χ2v) is 6.62. The molecule has 1 aromatic rings. The third-order valence-electron chi connectivity index (χ3n) is 3.12. The molecule has 1 aliphatic heterocycles. The number of carbonyl (C=O) groups excluding carboxylic acids is 2. The number of carbonyl (C=O) groups is 3. The van der Waals surface area contributed by atoms with E-state index in [1.165, 1.54) is 0 Å². The average molecular weight is 326 g/mol. The van der Waals surface area contributed by atoms with E-state index in [1.807, 2.05) is 4.72 Å². The molecular formula is C13H14N2O6S. The average Bonchev–Trinajstić information content (AvgIpc) is 2.71. The Bertz CT molecular complexity index is 693. The Balaban J connectivity index is 1.93. The SMILES string of the molecule is O=C(O)CNS(=O)(=O)CCCN1C(=O)c2ccccc2C1=O. The summed E-state index contributed by atoms with van der Waals surface area (Å²) in [4.78, 5) is 35.4. The Morgan fingerprint density at radius 3 is 2.18 bits per heavy atom. The van der Waals surface area contributed by atoms with Crippen LogP contribution in [0.4, 0.5) is 0 Å². The summed E-state index contributed by atoms with van der Waals surface area (Å²) in [6.07, 6.45) is 0.0282. The van der Waals surface area contributed by atoms with Crippen molar-refractivity contribution in [3.8, 4) is 0 Å². The number of aliphatic carboxylic acids is 1. The van der Waals surface area contributed by atoms with E-state index in [2.05, 4.69) is 0 Å². The van der Waals surface area contributed by atoms with Gasteiger partial charge in [0.25, 0.3) is 11.8 Å². The largest absolute Gasteiger partial charge is 0.480 e. The van der Waals surface area contributed by atoms with Crippen molar-refractivity contribution in [3.05, 3.63) is 35.4 Å². The minimum absolute atomic E-state index is 0.0282. The molecule has 9 heteroatoms. The zero-order chi connectivity index (χ0) is 16.3. The van der Waals surface area contributed by atoms with E-state index in [9.17, 15) is 22.8 Å². The molecule has 0 bridgehead atoms. The van der Waals surface area contributed by atoms with Gasteiger partial charge in [-0.2, -0.15) is 0 Å². The van der Waals surface area contributed by atoms with E-state index < -0.39 is 34.4 Å². The van der Waals surface area contributed by atoms with E-state index in [4.69, 9.17) is 5.11 Å². The molecule has 2 N–H and O–H groups in total. The molecule has 1 heterocycles. The zero-order valence-electron chi connectivity index (χ0n) is 11.5. The fourth-order valence-corrected chi connectivity index (χ4v) is 3.10. The fourth-order valence-electron chi connectivity index (χ4n) is 2.10. The van der Waals surface area contributed by atoms with Crippen molar-refractivity contribution in [1.82, 2.24) is 9.62 Å². The Hall–Kier alpha value is -2.26. The smallest absolute Gasteiger partial charge is 0.318 e. The van der Waals surface area contributed by atoms with Crippen LogP contribution >= 0.6 is 0 Å². The molecule has 0 saturated carbocycles. The van der Waals surface area contributed by atoms with Gasteiger partial charge in [-0.1, -0.05) is 12.1 Å². The number of hydrogen-bond acceptors (Lipinski definition) is 5. The number of rotatable bonds is 7. The van der Waals surface area contributed by atoms with Gasteiger partial charge in [0.15, 0.2) is 0 Å². The van der Waals surface area contributed by atoms with E-state index in [-0.39, 0.29) is 18.7 Å². The first-order valence-corrected chi connectivity index (χ1v) is 8.11. The van der Waals surface area contributed by atoms with Gasteiger partial charge in [-0.25, -0.2) is 13.1 Å². The number of nitrogens with zero attached hydrogens (tertiary/aromatic N) is 1. The normalized spacial score (nSPS) is 14.3. The summed E-state index contributed by atoms with van der Waals surface area (Å²) in [5.74, 6) is -2.55. The van der Waals surface area contributed by atoms with Crippen molar-refractivity contribution in [2.45, 2.75) is 6.42 Å².